The fourth-order valence-electron chi connectivity index (χ4n) is 3.24. The van der Waals surface area contributed by atoms with Gasteiger partial charge in [-0.25, -0.2) is 0 Å². The Kier molecular flexibility index (Phi) is 5.42. The lowest BCUT2D eigenvalue weighted by Gasteiger charge is -2.04. The highest BCUT2D eigenvalue weighted by atomic mass is 16.6. The number of rotatable bonds is 7. The normalized spacial score (nSPS) is 11.3. The predicted molar refractivity (Wildman–Crippen MR) is 110 cm³/mol. The van der Waals surface area contributed by atoms with E-state index in [9.17, 15) is 4.79 Å². The zero-order chi connectivity index (χ0) is 20.2. The van der Waals surface area contributed by atoms with Gasteiger partial charge in [-0.3, -0.25) is 4.79 Å². The van der Waals surface area contributed by atoms with Gasteiger partial charge in [-0.15, -0.1) is 0 Å². The number of hydrogen-bond donors (Lipinski definition) is 1. The average Bonchev–Trinajstić information content (AvgIpc) is 3.38. The number of hydrogen-bond acceptors (Lipinski definition) is 5. The first-order chi connectivity index (χ1) is 14.1. The lowest BCUT2D eigenvalue weighted by Crippen LogP contribution is -2.06. The minimum Gasteiger partial charge on any atom is -0.456 e. The standard InChI is InChI=1S/C23H23N3O3/c1-15(2)16-7-9-17(10-8-16)23-25-21(29-26-23)14-28-22(27)12-11-18-13-24-20-6-4-3-5-19(18)20/h3-10,13,15,24H,11-12,14H2,1-2H3. The lowest BCUT2D eigenvalue weighted by atomic mass is 10.0. The molecule has 29 heavy (non-hydrogen) atoms. The summed E-state index contributed by atoms with van der Waals surface area (Å²) < 4.78 is 10.5. The average molecular weight is 389 g/mol. The summed E-state index contributed by atoms with van der Waals surface area (Å²) in [7, 11) is 0. The van der Waals surface area contributed by atoms with E-state index >= 15 is 0 Å². The van der Waals surface area contributed by atoms with E-state index in [-0.39, 0.29) is 18.5 Å². The van der Waals surface area contributed by atoms with E-state index in [1.54, 1.807) is 0 Å². The van der Waals surface area contributed by atoms with Crippen molar-refractivity contribution in [3.05, 3.63) is 71.7 Å². The van der Waals surface area contributed by atoms with E-state index in [2.05, 4.69) is 41.1 Å². The highest BCUT2D eigenvalue weighted by Gasteiger charge is 2.12. The van der Waals surface area contributed by atoms with Crippen LogP contribution in [0.3, 0.4) is 0 Å². The summed E-state index contributed by atoms with van der Waals surface area (Å²) in [4.78, 5) is 19.6. The molecule has 0 amide bonds. The number of aromatic amines is 1. The second-order valence-corrected chi connectivity index (χ2v) is 7.31. The van der Waals surface area contributed by atoms with Crippen molar-refractivity contribution in [2.75, 3.05) is 0 Å². The Morgan fingerprint density at radius 3 is 2.72 bits per heavy atom. The van der Waals surface area contributed by atoms with Crippen molar-refractivity contribution in [1.82, 2.24) is 15.1 Å². The summed E-state index contributed by atoms with van der Waals surface area (Å²) in [6.45, 7) is 4.27. The molecule has 2 aromatic carbocycles. The van der Waals surface area contributed by atoms with Crippen LogP contribution in [0.1, 0.15) is 43.2 Å². The lowest BCUT2D eigenvalue weighted by molar-refractivity contribution is -0.145. The summed E-state index contributed by atoms with van der Waals surface area (Å²) in [5.74, 6) is 0.948. The van der Waals surface area contributed by atoms with Gasteiger partial charge in [0, 0.05) is 29.1 Å². The molecule has 1 N–H and O–H groups in total. The second-order valence-electron chi connectivity index (χ2n) is 7.31. The van der Waals surface area contributed by atoms with Crippen LogP contribution in [0, 0.1) is 0 Å². The molecule has 4 rings (SSSR count). The zero-order valence-electron chi connectivity index (χ0n) is 16.5. The number of carbonyl (C=O) groups excluding carboxylic acids is 1. The van der Waals surface area contributed by atoms with E-state index in [0.29, 0.717) is 24.6 Å². The molecular formula is C23H23N3O3. The fourth-order valence-corrected chi connectivity index (χ4v) is 3.24. The zero-order valence-corrected chi connectivity index (χ0v) is 16.5. The van der Waals surface area contributed by atoms with Crippen LogP contribution in [-0.4, -0.2) is 21.1 Å². The van der Waals surface area contributed by atoms with Crippen LogP contribution in [0.15, 0.2) is 59.3 Å². The van der Waals surface area contributed by atoms with Gasteiger partial charge in [-0.05, 0) is 29.5 Å². The van der Waals surface area contributed by atoms with Gasteiger partial charge in [0.1, 0.15) is 0 Å². The van der Waals surface area contributed by atoms with Gasteiger partial charge >= 0.3 is 5.97 Å². The van der Waals surface area contributed by atoms with Crippen LogP contribution >= 0.6 is 0 Å². The molecule has 0 unspecified atom stereocenters. The maximum atomic E-state index is 12.1. The third-order valence-electron chi connectivity index (χ3n) is 4.93. The number of aromatic nitrogens is 3. The fraction of sp³-hybridized carbons (Fsp3) is 0.261. The van der Waals surface area contributed by atoms with Gasteiger partial charge in [0.2, 0.25) is 5.82 Å². The number of aryl methyl sites for hydroxylation is 1. The van der Waals surface area contributed by atoms with Crippen molar-refractivity contribution in [2.45, 2.75) is 39.2 Å². The molecule has 0 bridgehead atoms. The Labute approximate surface area is 168 Å². The molecule has 4 aromatic rings. The van der Waals surface area contributed by atoms with E-state index in [1.807, 2.05) is 42.6 Å². The van der Waals surface area contributed by atoms with Gasteiger partial charge in [0.15, 0.2) is 6.61 Å². The molecule has 0 fully saturated rings. The van der Waals surface area contributed by atoms with E-state index in [0.717, 1.165) is 22.0 Å². The number of nitrogens with zero attached hydrogens (tertiary/aromatic N) is 2. The molecular weight excluding hydrogens is 366 g/mol. The Bertz CT molecular complexity index is 1110. The first kappa shape index (κ1) is 18.9. The number of H-pyrrole nitrogens is 1. The van der Waals surface area contributed by atoms with Gasteiger partial charge in [0.25, 0.3) is 5.89 Å². The van der Waals surface area contributed by atoms with Crippen LogP contribution in [0.2, 0.25) is 0 Å². The molecule has 2 heterocycles. The molecule has 148 valence electrons. The predicted octanol–water partition coefficient (Wildman–Crippen LogP) is 5.02. The number of nitrogens with one attached hydrogen (secondary N) is 1. The molecule has 0 atom stereocenters. The Hall–Kier alpha value is -3.41. The first-order valence-electron chi connectivity index (χ1n) is 9.73. The topological polar surface area (TPSA) is 81.0 Å². The molecule has 6 nitrogen and oxygen atoms in total. The Morgan fingerprint density at radius 2 is 1.93 bits per heavy atom. The summed E-state index contributed by atoms with van der Waals surface area (Å²) in [6, 6.07) is 16.1. The van der Waals surface area contributed by atoms with Gasteiger partial charge < -0.3 is 14.2 Å². The highest BCUT2D eigenvalue weighted by Crippen LogP contribution is 2.21. The minimum absolute atomic E-state index is 0.0240. The SMILES string of the molecule is CC(C)c1ccc(-c2noc(COC(=O)CCc3c[nH]c4ccccc34)n2)cc1. The number of carbonyl (C=O) groups is 1. The van der Waals surface area contributed by atoms with Crippen LogP contribution < -0.4 is 0 Å². The van der Waals surface area contributed by atoms with Gasteiger partial charge in [-0.1, -0.05) is 61.5 Å². The number of esters is 1. The third-order valence-corrected chi connectivity index (χ3v) is 4.93. The maximum absolute atomic E-state index is 12.1. The Balaban J connectivity index is 1.30. The Morgan fingerprint density at radius 1 is 1.14 bits per heavy atom. The highest BCUT2D eigenvalue weighted by molar-refractivity contribution is 5.83. The summed E-state index contributed by atoms with van der Waals surface area (Å²) in [5, 5.41) is 5.11. The van der Waals surface area contributed by atoms with E-state index < -0.39 is 0 Å². The summed E-state index contributed by atoms with van der Waals surface area (Å²) >= 11 is 0. The van der Waals surface area contributed by atoms with Crippen molar-refractivity contribution in [3.8, 4) is 11.4 Å². The number of ether oxygens (including phenoxy) is 1. The maximum Gasteiger partial charge on any atom is 0.306 e. The number of para-hydroxylation sites is 1. The molecule has 0 radical (unpaired) electrons. The largest absolute Gasteiger partial charge is 0.456 e. The molecule has 6 heteroatoms. The van der Waals surface area contributed by atoms with Crippen molar-refractivity contribution in [2.24, 2.45) is 0 Å². The molecule has 0 spiro atoms. The van der Waals surface area contributed by atoms with Crippen LogP contribution in [-0.2, 0) is 22.6 Å². The summed E-state index contributed by atoms with van der Waals surface area (Å²) in [5.41, 5.74) is 4.29. The third kappa shape index (κ3) is 4.37. The van der Waals surface area contributed by atoms with Gasteiger partial charge in [-0.2, -0.15) is 4.98 Å². The smallest absolute Gasteiger partial charge is 0.306 e. The number of benzene rings is 2. The molecule has 0 aliphatic rings. The number of fused-ring (bicyclic) bond motifs is 1. The van der Waals surface area contributed by atoms with Crippen molar-refractivity contribution < 1.29 is 14.1 Å². The summed E-state index contributed by atoms with van der Waals surface area (Å²) in [6.07, 6.45) is 2.84. The van der Waals surface area contributed by atoms with Crippen LogP contribution in [0.5, 0.6) is 0 Å². The molecule has 0 aliphatic carbocycles. The quantitative estimate of drug-likeness (QED) is 0.449. The molecule has 0 aliphatic heterocycles. The molecule has 2 aromatic heterocycles. The minimum atomic E-state index is -0.295. The first-order valence-corrected chi connectivity index (χ1v) is 9.73. The van der Waals surface area contributed by atoms with Crippen molar-refractivity contribution >= 4 is 16.9 Å². The van der Waals surface area contributed by atoms with Crippen molar-refractivity contribution in [1.29, 1.82) is 0 Å². The van der Waals surface area contributed by atoms with Crippen LogP contribution in [0.25, 0.3) is 22.3 Å². The van der Waals surface area contributed by atoms with E-state index in [1.165, 1.54) is 5.56 Å². The second kappa shape index (κ2) is 8.31. The monoisotopic (exact) mass is 389 g/mol. The van der Waals surface area contributed by atoms with Gasteiger partial charge in [0.05, 0.1) is 0 Å². The molecule has 0 saturated heterocycles. The van der Waals surface area contributed by atoms with E-state index in [4.69, 9.17) is 9.26 Å². The van der Waals surface area contributed by atoms with Crippen LogP contribution in [0.4, 0.5) is 0 Å². The molecule has 0 saturated carbocycles. The van der Waals surface area contributed by atoms with Crippen molar-refractivity contribution in [3.63, 3.8) is 0 Å².